The molecule has 0 aromatic carbocycles. The molecule has 118 valence electrons. The van der Waals surface area contributed by atoms with Gasteiger partial charge in [0.25, 0.3) is 0 Å². The van der Waals surface area contributed by atoms with E-state index in [1.54, 1.807) is 7.11 Å². The highest BCUT2D eigenvalue weighted by molar-refractivity contribution is 5.78. The summed E-state index contributed by atoms with van der Waals surface area (Å²) in [5.41, 5.74) is 0. The molecule has 1 saturated carbocycles. The summed E-state index contributed by atoms with van der Waals surface area (Å²) in [5, 5.41) is 9.96. The van der Waals surface area contributed by atoms with E-state index in [2.05, 4.69) is 20.8 Å². The summed E-state index contributed by atoms with van der Waals surface area (Å²) < 4.78 is 10.2. The molecule has 1 fully saturated rings. The van der Waals surface area contributed by atoms with Gasteiger partial charge in [-0.25, -0.2) is 0 Å². The molecule has 1 unspecified atom stereocenters. The zero-order valence-corrected chi connectivity index (χ0v) is 12.9. The summed E-state index contributed by atoms with van der Waals surface area (Å²) in [5.74, 6) is 1.80. The minimum Gasteiger partial charge on any atom is -0.383 e. The van der Waals surface area contributed by atoms with Crippen LogP contribution in [0, 0.1) is 5.92 Å². The molecule has 2 N–H and O–H groups in total. The number of carbonyl (C=O) groups excluding carboxylic acids is 1. The fourth-order valence-electron chi connectivity index (χ4n) is 2.00. The summed E-state index contributed by atoms with van der Waals surface area (Å²) in [6.07, 6.45) is 2.25. The highest BCUT2D eigenvalue weighted by Gasteiger charge is 2.31. The smallest absolute Gasteiger partial charge is 0.249 e. The van der Waals surface area contributed by atoms with E-state index in [0.717, 1.165) is 18.7 Å². The van der Waals surface area contributed by atoms with Gasteiger partial charge in [0.15, 0.2) is 5.82 Å². The minimum absolute atomic E-state index is 0.0871. The van der Waals surface area contributed by atoms with Gasteiger partial charge in [-0.1, -0.05) is 19.0 Å². The second-order valence-corrected chi connectivity index (χ2v) is 5.72. The molecule has 1 aromatic rings. The average molecular weight is 296 g/mol. The van der Waals surface area contributed by atoms with Crippen LogP contribution in [0.1, 0.15) is 50.4 Å². The van der Waals surface area contributed by atoms with E-state index >= 15 is 0 Å². The normalized spacial score (nSPS) is 16.2. The molecule has 0 spiro atoms. The molecule has 1 aliphatic rings. The number of carbonyl (C=O) groups is 1. The Morgan fingerprint density at radius 2 is 2.24 bits per heavy atom. The lowest BCUT2D eigenvalue weighted by Gasteiger charge is -2.18. The van der Waals surface area contributed by atoms with Crippen LogP contribution < -0.4 is 10.6 Å². The molecule has 1 aliphatic carbocycles. The van der Waals surface area contributed by atoms with Gasteiger partial charge in [-0.05, 0) is 18.8 Å². The maximum Gasteiger partial charge on any atom is 0.249 e. The average Bonchev–Trinajstić information content (AvgIpc) is 3.19. The number of amides is 1. The summed E-state index contributed by atoms with van der Waals surface area (Å²) in [6, 6.07) is -0.248. The van der Waals surface area contributed by atoms with E-state index in [4.69, 9.17) is 9.26 Å². The van der Waals surface area contributed by atoms with E-state index in [0.29, 0.717) is 25.0 Å². The topological polar surface area (TPSA) is 89.3 Å². The van der Waals surface area contributed by atoms with E-state index < -0.39 is 0 Å². The van der Waals surface area contributed by atoms with E-state index in [9.17, 15) is 4.79 Å². The van der Waals surface area contributed by atoms with Gasteiger partial charge in [0, 0.05) is 19.6 Å². The van der Waals surface area contributed by atoms with Crippen LogP contribution in [0.3, 0.4) is 0 Å². The Morgan fingerprint density at radius 1 is 1.48 bits per heavy atom. The largest absolute Gasteiger partial charge is 0.383 e. The van der Waals surface area contributed by atoms with Crippen LogP contribution >= 0.6 is 0 Å². The highest BCUT2D eigenvalue weighted by atomic mass is 16.5. The molecule has 7 heteroatoms. The lowest BCUT2D eigenvalue weighted by molar-refractivity contribution is -0.121. The Kier molecular flexibility index (Phi) is 5.69. The van der Waals surface area contributed by atoms with Crippen LogP contribution in [-0.4, -0.2) is 42.9 Å². The quantitative estimate of drug-likeness (QED) is 0.661. The first-order valence-corrected chi connectivity index (χ1v) is 7.44. The van der Waals surface area contributed by atoms with Crippen LogP contribution in [-0.2, 0) is 9.53 Å². The molecule has 0 aliphatic heterocycles. The van der Waals surface area contributed by atoms with Crippen LogP contribution in [0.15, 0.2) is 4.52 Å². The van der Waals surface area contributed by atoms with Crippen molar-refractivity contribution in [3.05, 3.63) is 11.7 Å². The summed E-state index contributed by atoms with van der Waals surface area (Å²) in [6.45, 7) is 5.50. The maximum atomic E-state index is 11.9. The highest BCUT2D eigenvalue weighted by Crippen LogP contribution is 2.38. The number of methoxy groups -OCH3 is 1. The number of nitrogens with zero attached hydrogens (tertiary/aromatic N) is 2. The number of nitrogens with one attached hydrogen (secondary N) is 2. The van der Waals surface area contributed by atoms with Crippen molar-refractivity contribution in [2.75, 3.05) is 26.8 Å². The molecule has 0 radical (unpaired) electrons. The van der Waals surface area contributed by atoms with Crippen molar-refractivity contribution in [3.63, 3.8) is 0 Å². The number of aromatic nitrogens is 2. The van der Waals surface area contributed by atoms with Crippen LogP contribution in [0.4, 0.5) is 0 Å². The number of ether oxygens (including phenoxy) is 1. The Balaban J connectivity index is 1.87. The number of hydrogen-bond donors (Lipinski definition) is 2. The van der Waals surface area contributed by atoms with Gasteiger partial charge in [0.05, 0.1) is 13.2 Å². The summed E-state index contributed by atoms with van der Waals surface area (Å²) >= 11 is 0. The molecule has 0 bridgehead atoms. The van der Waals surface area contributed by atoms with Gasteiger partial charge >= 0.3 is 0 Å². The van der Waals surface area contributed by atoms with Gasteiger partial charge in [-0.15, -0.1) is 0 Å². The van der Waals surface area contributed by atoms with Gasteiger partial charge in [0.1, 0.15) is 6.04 Å². The number of hydrogen-bond acceptors (Lipinski definition) is 6. The fraction of sp³-hybridized carbons (Fsp3) is 0.786. The zero-order chi connectivity index (χ0) is 15.2. The molecule has 1 amide bonds. The van der Waals surface area contributed by atoms with E-state index in [1.807, 2.05) is 13.8 Å². The molecule has 1 atom stereocenters. The Morgan fingerprint density at radius 3 is 2.86 bits per heavy atom. The second-order valence-electron chi connectivity index (χ2n) is 5.72. The third kappa shape index (κ3) is 4.78. The SMILES string of the molecule is COCCNCC(=O)NC(c1nc(C2CC2)no1)C(C)C. The first-order valence-electron chi connectivity index (χ1n) is 7.44. The standard InChI is InChI=1S/C14H24N4O3/c1-9(2)12(16-11(19)8-15-6-7-20-3)14-17-13(18-21-14)10-4-5-10/h9-10,12,15H,4-8H2,1-3H3,(H,16,19). The minimum atomic E-state index is -0.248. The monoisotopic (exact) mass is 296 g/mol. The number of rotatable bonds is 9. The first-order chi connectivity index (χ1) is 10.1. The lowest BCUT2D eigenvalue weighted by Crippen LogP contribution is -2.39. The predicted octanol–water partition coefficient (Wildman–Crippen LogP) is 0.996. The Hall–Kier alpha value is -1.47. The molecule has 0 saturated heterocycles. The molecule has 7 nitrogen and oxygen atoms in total. The summed E-state index contributed by atoms with van der Waals surface area (Å²) in [7, 11) is 1.63. The third-order valence-electron chi connectivity index (χ3n) is 3.42. The molecule has 1 heterocycles. The van der Waals surface area contributed by atoms with Crippen molar-refractivity contribution in [2.24, 2.45) is 5.92 Å². The van der Waals surface area contributed by atoms with Crippen molar-refractivity contribution in [1.82, 2.24) is 20.8 Å². The van der Waals surface area contributed by atoms with Gasteiger partial charge in [-0.3, -0.25) is 4.79 Å². The molecule has 1 aromatic heterocycles. The molecular formula is C14H24N4O3. The molecule has 2 rings (SSSR count). The second kappa shape index (κ2) is 7.51. The predicted molar refractivity (Wildman–Crippen MR) is 76.7 cm³/mol. The summed E-state index contributed by atoms with van der Waals surface area (Å²) in [4.78, 5) is 16.4. The maximum absolute atomic E-state index is 11.9. The van der Waals surface area contributed by atoms with Crippen molar-refractivity contribution >= 4 is 5.91 Å². The van der Waals surface area contributed by atoms with E-state index in [1.165, 1.54) is 0 Å². The molecule has 21 heavy (non-hydrogen) atoms. The lowest BCUT2D eigenvalue weighted by atomic mass is 10.0. The van der Waals surface area contributed by atoms with Crippen LogP contribution in [0.2, 0.25) is 0 Å². The van der Waals surface area contributed by atoms with Crippen LogP contribution in [0.25, 0.3) is 0 Å². The fourth-order valence-corrected chi connectivity index (χ4v) is 2.00. The van der Waals surface area contributed by atoms with Gasteiger partial charge in [0.2, 0.25) is 11.8 Å². The van der Waals surface area contributed by atoms with Crippen LogP contribution in [0.5, 0.6) is 0 Å². The zero-order valence-electron chi connectivity index (χ0n) is 12.9. The van der Waals surface area contributed by atoms with Gasteiger partial charge < -0.3 is 19.9 Å². The van der Waals surface area contributed by atoms with Crippen molar-refractivity contribution < 1.29 is 14.1 Å². The van der Waals surface area contributed by atoms with Crippen molar-refractivity contribution in [1.29, 1.82) is 0 Å². The van der Waals surface area contributed by atoms with Crippen molar-refractivity contribution in [3.8, 4) is 0 Å². The Labute approximate surface area is 124 Å². The third-order valence-corrected chi connectivity index (χ3v) is 3.42. The van der Waals surface area contributed by atoms with E-state index in [-0.39, 0.29) is 24.4 Å². The van der Waals surface area contributed by atoms with Gasteiger partial charge in [-0.2, -0.15) is 4.98 Å². The van der Waals surface area contributed by atoms with Crippen molar-refractivity contribution in [2.45, 2.75) is 38.6 Å². The Bertz CT molecular complexity index is 457. The molecular weight excluding hydrogens is 272 g/mol. The first kappa shape index (κ1) is 15.9.